The first-order valence-electron chi connectivity index (χ1n) is 4.30. The number of hydrogen-bond acceptors (Lipinski definition) is 3. The number of carbonyl (C=O) groups is 1. The summed E-state index contributed by atoms with van der Waals surface area (Å²) in [6.45, 7) is 5.89. The minimum Gasteiger partial charge on any atom is -0.380 e. The number of hydrogen-bond donors (Lipinski definition) is 1. The van der Waals surface area contributed by atoms with Gasteiger partial charge >= 0.3 is 0 Å². The first-order chi connectivity index (χ1) is 5.66. The van der Waals surface area contributed by atoms with E-state index in [1.54, 1.807) is 4.90 Å². The first-order valence-corrected chi connectivity index (χ1v) is 4.30. The van der Waals surface area contributed by atoms with Gasteiger partial charge in [-0.25, -0.2) is 0 Å². The molecule has 70 valence electrons. The van der Waals surface area contributed by atoms with E-state index < -0.39 is 0 Å². The fourth-order valence-electron chi connectivity index (χ4n) is 1.26. The summed E-state index contributed by atoms with van der Waals surface area (Å²) in [5.74, 6) is 0.0437. The minimum atomic E-state index is -0.269. The number of β-lactam (4-membered cyclic amide) rings is 1. The lowest BCUT2D eigenvalue weighted by atomic mass is 10.1. The number of amides is 1. The molecule has 4 heteroatoms. The number of rotatable bonds is 4. The van der Waals surface area contributed by atoms with Crippen LogP contribution in [0.2, 0.25) is 0 Å². The summed E-state index contributed by atoms with van der Waals surface area (Å²) in [6.07, 6.45) is 0. The molecule has 1 heterocycles. The van der Waals surface area contributed by atoms with E-state index >= 15 is 0 Å². The molecule has 0 aliphatic carbocycles. The lowest BCUT2D eigenvalue weighted by molar-refractivity contribution is -0.146. The zero-order valence-electron chi connectivity index (χ0n) is 7.62. The summed E-state index contributed by atoms with van der Waals surface area (Å²) in [5.41, 5.74) is 5.45. The van der Waals surface area contributed by atoms with Crippen molar-refractivity contribution in [3.05, 3.63) is 0 Å². The number of nitrogens with zero attached hydrogens (tertiary/aromatic N) is 1. The monoisotopic (exact) mass is 172 g/mol. The SMILES string of the molecule is CCOCC(C)N1CC(N)C1=O. The van der Waals surface area contributed by atoms with E-state index in [-0.39, 0.29) is 18.0 Å². The van der Waals surface area contributed by atoms with Gasteiger partial charge in [0, 0.05) is 13.2 Å². The zero-order chi connectivity index (χ0) is 9.14. The van der Waals surface area contributed by atoms with Crippen LogP contribution >= 0.6 is 0 Å². The Morgan fingerprint density at radius 2 is 2.50 bits per heavy atom. The van der Waals surface area contributed by atoms with E-state index in [1.165, 1.54) is 0 Å². The number of nitrogens with two attached hydrogens (primary N) is 1. The van der Waals surface area contributed by atoms with Gasteiger partial charge in [-0.1, -0.05) is 0 Å². The molecule has 4 nitrogen and oxygen atoms in total. The molecule has 1 fully saturated rings. The van der Waals surface area contributed by atoms with Crippen LogP contribution in [0.15, 0.2) is 0 Å². The summed E-state index contributed by atoms with van der Waals surface area (Å²) in [4.78, 5) is 12.9. The van der Waals surface area contributed by atoms with Crippen LogP contribution in [0.3, 0.4) is 0 Å². The van der Waals surface area contributed by atoms with Gasteiger partial charge in [0.15, 0.2) is 0 Å². The summed E-state index contributed by atoms with van der Waals surface area (Å²) >= 11 is 0. The van der Waals surface area contributed by atoms with Crippen molar-refractivity contribution >= 4 is 5.91 Å². The van der Waals surface area contributed by atoms with Crippen LogP contribution in [-0.4, -0.2) is 42.6 Å². The van der Waals surface area contributed by atoms with E-state index in [2.05, 4.69) is 0 Å². The van der Waals surface area contributed by atoms with E-state index in [4.69, 9.17) is 10.5 Å². The molecular weight excluding hydrogens is 156 g/mol. The smallest absolute Gasteiger partial charge is 0.241 e. The lowest BCUT2D eigenvalue weighted by Crippen LogP contribution is -2.64. The molecule has 0 aromatic heterocycles. The quantitative estimate of drug-likeness (QED) is 0.586. The standard InChI is InChI=1S/C8H16N2O2/c1-3-12-5-6(2)10-4-7(9)8(10)11/h6-7H,3-5,9H2,1-2H3. The molecule has 1 rings (SSSR count). The molecule has 0 bridgehead atoms. The third-order valence-corrected chi connectivity index (χ3v) is 2.09. The van der Waals surface area contributed by atoms with Gasteiger partial charge in [-0.15, -0.1) is 0 Å². The van der Waals surface area contributed by atoms with Crippen LogP contribution in [0.1, 0.15) is 13.8 Å². The Labute approximate surface area is 72.7 Å². The highest BCUT2D eigenvalue weighted by Gasteiger charge is 2.36. The van der Waals surface area contributed by atoms with Crippen LogP contribution < -0.4 is 5.73 Å². The van der Waals surface area contributed by atoms with Crippen LogP contribution in [0, 0.1) is 0 Å². The molecule has 2 N–H and O–H groups in total. The topological polar surface area (TPSA) is 55.6 Å². The number of likely N-dealkylation sites (tertiary alicyclic amines) is 1. The fraction of sp³-hybridized carbons (Fsp3) is 0.875. The van der Waals surface area contributed by atoms with Gasteiger partial charge in [-0.05, 0) is 13.8 Å². The minimum absolute atomic E-state index is 0.0437. The average Bonchev–Trinajstić information content (AvgIpc) is 2.09. The molecule has 2 unspecified atom stereocenters. The Balaban J connectivity index is 2.25. The van der Waals surface area contributed by atoms with Crippen molar-refractivity contribution in [1.29, 1.82) is 0 Å². The van der Waals surface area contributed by atoms with Gasteiger partial charge in [0.2, 0.25) is 5.91 Å². The second-order valence-electron chi connectivity index (χ2n) is 3.11. The molecule has 1 amide bonds. The molecule has 0 saturated carbocycles. The van der Waals surface area contributed by atoms with Gasteiger partial charge in [0.25, 0.3) is 0 Å². The fourth-order valence-corrected chi connectivity index (χ4v) is 1.26. The van der Waals surface area contributed by atoms with Crippen molar-refractivity contribution in [2.45, 2.75) is 25.9 Å². The highest BCUT2D eigenvalue weighted by molar-refractivity contribution is 5.87. The molecular formula is C8H16N2O2. The summed E-state index contributed by atoms with van der Waals surface area (Å²) < 4.78 is 5.20. The highest BCUT2D eigenvalue weighted by Crippen LogP contribution is 2.12. The molecule has 1 saturated heterocycles. The molecule has 1 aliphatic heterocycles. The third kappa shape index (κ3) is 1.76. The Morgan fingerprint density at radius 1 is 1.83 bits per heavy atom. The summed E-state index contributed by atoms with van der Waals surface area (Å²) in [7, 11) is 0. The van der Waals surface area contributed by atoms with E-state index in [1.807, 2.05) is 13.8 Å². The Kier molecular flexibility index (Phi) is 3.05. The number of ether oxygens (including phenoxy) is 1. The first kappa shape index (κ1) is 9.48. The van der Waals surface area contributed by atoms with Gasteiger partial charge in [0.05, 0.1) is 12.6 Å². The van der Waals surface area contributed by atoms with Crippen molar-refractivity contribution in [3.63, 3.8) is 0 Å². The predicted molar refractivity (Wildman–Crippen MR) is 45.6 cm³/mol. The molecule has 0 radical (unpaired) electrons. The van der Waals surface area contributed by atoms with Gasteiger partial charge in [0.1, 0.15) is 6.04 Å². The normalized spacial score (nSPS) is 25.4. The number of carbonyl (C=O) groups excluding carboxylic acids is 1. The van der Waals surface area contributed by atoms with Crippen LogP contribution in [0.25, 0.3) is 0 Å². The van der Waals surface area contributed by atoms with Crippen molar-refractivity contribution in [2.24, 2.45) is 5.73 Å². The van der Waals surface area contributed by atoms with Gasteiger partial charge in [-0.3, -0.25) is 4.79 Å². The summed E-state index contributed by atoms with van der Waals surface area (Å²) in [5, 5.41) is 0. The average molecular weight is 172 g/mol. The second kappa shape index (κ2) is 3.87. The second-order valence-corrected chi connectivity index (χ2v) is 3.11. The molecule has 0 aromatic rings. The molecule has 0 aromatic carbocycles. The van der Waals surface area contributed by atoms with Crippen LogP contribution in [0.4, 0.5) is 0 Å². The predicted octanol–water partition coefficient (Wildman–Crippen LogP) is -0.419. The molecule has 0 spiro atoms. The maximum Gasteiger partial charge on any atom is 0.241 e. The maximum absolute atomic E-state index is 11.1. The lowest BCUT2D eigenvalue weighted by Gasteiger charge is -2.40. The van der Waals surface area contributed by atoms with Gasteiger partial charge < -0.3 is 15.4 Å². The summed E-state index contributed by atoms with van der Waals surface area (Å²) in [6, 6.07) is -0.105. The Morgan fingerprint density at radius 3 is 2.92 bits per heavy atom. The van der Waals surface area contributed by atoms with E-state index in [0.29, 0.717) is 19.8 Å². The molecule has 1 aliphatic rings. The Hall–Kier alpha value is -0.610. The van der Waals surface area contributed by atoms with E-state index in [0.717, 1.165) is 0 Å². The van der Waals surface area contributed by atoms with Crippen LogP contribution in [0.5, 0.6) is 0 Å². The van der Waals surface area contributed by atoms with Crippen molar-refractivity contribution in [2.75, 3.05) is 19.8 Å². The largest absolute Gasteiger partial charge is 0.380 e. The Bertz CT molecular complexity index is 172. The maximum atomic E-state index is 11.1. The van der Waals surface area contributed by atoms with Crippen molar-refractivity contribution in [3.8, 4) is 0 Å². The van der Waals surface area contributed by atoms with E-state index in [9.17, 15) is 4.79 Å². The van der Waals surface area contributed by atoms with Crippen LogP contribution in [-0.2, 0) is 9.53 Å². The van der Waals surface area contributed by atoms with Crippen molar-refractivity contribution in [1.82, 2.24) is 4.90 Å². The molecule has 2 atom stereocenters. The van der Waals surface area contributed by atoms with Crippen molar-refractivity contribution < 1.29 is 9.53 Å². The molecule has 12 heavy (non-hydrogen) atoms. The zero-order valence-corrected chi connectivity index (χ0v) is 7.62. The third-order valence-electron chi connectivity index (χ3n) is 2.09. The highest BCUT2D eigenvalue weighted by atomic mass is 16.5. The van der Waals surface area contributed by atoms with Gasteiger partial charge in [-0.2, -0.15) is 0 Å².